The Labute approximate surface area is 190 Å². The van der Waals surface area contributed by atoms with E-state index in [9.17, 15) is 23.1 Å². The van der Waals surface area contributed by atoms with Crippen molar-refractivity contribution in [2.24, 2.45) is 0 Å². The van der Waals surface area contributed by atoms with E-state index in [1.54, 1.807) is 32.0 Å². The van der Waals surface area contributed by atoms with Gasteiger partial charge in [-0.05, 0) is 56.3 Å². The zero-order valence-corrected chi connectivity index (χ0v) is 18.5. The van der Waals surface area contributed by atoms with Gasteiger partial charge < -0.3 is 14.6 Å². The zero-order chi connectivity index (χ0) is 23.5. The Balaban J connectivity index is 1.80. The average Bonchev–Trinajstić information content (AvgIpc) is 2.68. The van der Waals surface area contributed by atoms with Gasteiger partial charge in [0.1, 0.15) is 18.1 Å². The minimum atomic E-state index is -4.78. The summed E-state index contributed by atoms with van der Waals surface area (Å²) in [6, 6.07) is 9.87. The van der Waals surface area contributed by atoms with Crippen LogP contribution in [0.1, 0.15) is 13.8 Å². The van der Waals surface area contributed by atoms with Gasteiger partial charge in [0.25, 0.3) is 5.56 Å². The fourth-order valence-corrected chi connectivity index (χ4v) is 3.52. The third-order valence-corrected chi connectivity index (χ3v) is 5.13. The van der Waals surface area contributed by atoms with E-state index in [1.807, 2.05) is 0 Å². The quantitative estimate of drug-likeness (QED) is 0.502. The molecule has 0 amide bonds. The number of aromatic nitrogens is 2. The summed E-state index contributed by atoms with van der Waals surface area (Å²) in [5.41, 5.74) is -1.00. The summed E-state index contributed by atoms with van der Waals surface area (Å²) in [5.74, 6) is -0.00257. The highest BCUT2D eigenvalue weighted by atomic mass is 35.5. The summed E-state index contributed by atoms with van der Waals surface area (Å²) >= 11 is 7.26. The second kappa shape index (κ2) is 9.43. The van der Waals surface area contributed by atoms with E-state index in [4.69, 9.17) is 16.3 Å². The molecule has 0 radical (unpaired) electrons. The maximum absolute atomic E-state index is 12.9. The van der Waals surface area contributed by atoms with Crippen molar-refractivity contribution in [3.8, 4) is 17.2 Å². The van der Waals surface area contributed by atoms with Crippen LogP contribution < -0.4 is 15.0 Å². The minimum absolute atomic E-state index is 0.0366. The fourth-order valence-electron chi connectivity index (χ4n) is 2.50. The molecule has 2 aromatic carbocycles. The van der Waals surface area contributed by atoms with Crippen LogP contribution >= 0.6 is 23.4 Å². The van der Waals surface area contributed by atoms with Crippen LogP contribution in [0.5, 0.6) is 11.5 Å². The molecule has 11 heteroatoms. The summed E-state index contributed by atoms with van der Waals surface area (Å²) < 4.78 is 47.5. The van der Waals surface area contributed by atoms with Gasteiger partial charge >= 0.3 is 6.36 Å². The van der Waals surface area contributed by atoms with Gasteiger partial charge in [-0.1, -0.05) is 23.4 Å². The topological polar surface area (TPSA) is 73.6 Å². The van der Waals surface area contributed by atoms with Gasteiger partial charge in [-0.25, -0.2) is 4.98 Å². The van der Waals surface area contributed by atoms with Gasteiger partial charge in [0.15, 0.2) is 5.03 Å². The first-order chi connectivity index (χ1) is 14.9. The number of benzene rings is 2. The second-order valence-corrected chi connectivity index (χ2v) is 8.71. The third-order valence-electron chi connectivity index (χ3n) is 3.86. The Bertz CT molecular complexity index is 1150. The molecule has 6 nitrogen and oxygen atoms in total. The molecule has 0 aliphatic carbocycles. The largest absolute Gasteiger partial charge is 0.573 e. The van der Waals surface area contributed by atoms with Crippen molar-refractivity contribution < 1.29 is 27.8 Å². The summed E-state index contributed by atoms with van der Waals surface area (Å²) in [7, 11) is 0. The van der Waals surface area contributed by atoms with E-state index in [2.05, 4.69) is 9.72 Å². The van der Waals surface area contributed by atoms with Crippen molar-refractivity contribution in [2.75, 3.05) is 6.61 Å². The van der Waals surface area contributed by atoms with Gasteiger partial charge in [0.2, 0.25) is 0 Å². The molecule has 0 saturated carbocycles. The van der Waals surface area contributed by atoms with Gasteiger partial charge in [-0.3, -0.25) is 9.36 Å². The van der Waals surface area contributed by atoms with Crippen LogP contribution in [0.3, 0.4) is 0 Å². The average molecular weight is 487 g/mol. The molecule has 0 spiro atoms. The summed E-state index contributed by atoms with van der Waals surface area (Å²) in [4.78, 5) is 17.5. The summed E-state index contributed by atoms with van der Waals surface area (Å²) in [6.07, 6.45) is -1.88. The first-order valence-electron chi connectivity index (χ1n) is 9.18. The van der Waals surface area contributed by atoms with Gasteiger partial charge in [0.05, 0.1) is 16.3 Å². The van der Waals surface area contributed by atoms with Crippen LogP contribution in [0.4, 0.5) is 13.2 Å². The molecule has 3 aromatic rings. The van der Waals surface area contributed by atoms with Crippen molar-refractivity contribution in [1.29, 1.82) is 0 Å². The minimum Gasteiger partial charge on any atom is -0.489 e. The summed E-state index contributed by atoms with van der Waals surface area (Å²) in [6.45, 7) is 3.23. The number of halogens is 4. The predicted octanol–water partition coefficient (Wildman–Crippen LogP) is 5.09. The molecule has 170 valence electrons. The van der Waals surface area contributed by atoms with E-state index >= 15 is 0 Å². The first kappa shape index (κ1) is 24.0. The molecule has 1 heterocycles. The lowest BCUT2D eigenvalue weighted by Gasteiger charge is -2.18. The van der Waals surface area contributed by atoms with Crippen LogP contribution in [-0.2, 0) is 0 Å². The molecule has 0 bridgehead atoms. The molecule has 0 aliphatic heterocycles. The molecule has 0 saturated heterocycles. The van der Waals surface area contributed by atoms with Crippen molar-refractivity contribution in [2.45, 2.75) is 35.7 Å². The summed E-state index contributed by atoms with van der Waals surface area (Å²) in [5, 5.41) is 10.2. The molecule has 0 atom stereocenters. The number of nitrogens with zero attached hydrogens (tertiary/aromatic N) is 2. The number of rotatable bonds is 7. The number of hydrogen-bond acceptors (Lipinski definition) is 6. The van der Waals surface area contributed by atoms with E-state index < -0.39 is 17.5 Å². The molecule has 32 heavy (non-hydrogen) atoms. The monoisotopic (exact) mass is 486 g/mol. The molecule has 1 N–H and O–H groups in total. The lowest BCUT2D eigenvalue weighted by atomic mass is 10.2. The SMILES string of the molecule is CC(C)(O)COc1ccc(-n2ccnc(Sc3ccc(OC(F)(F)F)cc3)c2=O)cc1Cl. The normalized spacial score (nSPS) is 12.0. The first-order valence-corrected chi connectivity index (χ1v) is 10.4. The highest BCUT2D eigenvalue weighted by Gasteiger charge is 2.31. The molecule has 3 rings (SSSR count). The zero-order valence-electron chi connectivity index (χ0n) is 16.9. The fraction of sp³-hybridized carbons (Fsp3) is 0.238. The lowest BCUT2D eigenvalue weighted by molar-refractivity contribution is -0.274. The predicted molar refractivity (Wildman–Crippen MR) is 114 cm³/mol. The van der Waals surface area contributed by atoms with Crippen molar-refractivity contribution in [3.05, 3.63) is 70.2 Å². The smallest absolute Gasteiger partial charge is 0.489 e. The maximum atomic E-state index is 12.9. The molecular formula is C21H18ClF3N2O4S. The van der Waals surface area contributed by atoms with Crippen molar-refractivity contribution in [1.82, 2.24) is 9.55 Å². The van der Waals surface area contributed by atoms with Gasteiger partial charge in [-0.2, -0.15) is 0 Å². The number of hydrogen-bond donors (Lipinski definition) is 1. The highest BCUT2D eigenvalue weighted by molar-refractivity contribution is 7.99. The number of ether oxygens (including phenoxy) is 2. The van der Waals surface area contributed by atoms with Crippen LogP contribution in [0, 0.1) is 0 Å². The second-order valence-electron chi connectivity index (χ2n) is 7.24. The van der Waals surface area contributed by atoms with Gasteiger partial charge in [0, 0.05) is 17.3 Å². The van der Waals surface area contributed by atoms with Crippen LogP contribution in [0.2, 0.25) is 5.02 Å². The molecule has 0 fully saturated rings. The standard InChI is InChI=1S/C21H18ClF3N2O4S/c1-20(2,29)12-30-17-8-3-13(11-16(17)22)27-10-9-26-18(19(27)28)32-15-6-4-14(5-7-15)31-21(23,24)25/h3-11,29H,12H2,1-2H3. The molecular weight excluding hydrogens is 469 g/mol. The Morgan fingerprint density at radius 3 is 2.44 bits per heavy atom. The van der Waals surface area contributed by atoms with Crippen molar-refractivity contribution >= 4 is 23.4 Å². The molecule has 0 unspecified atom stereocenters. The highest BCUT2D eigenvalue weighted by Crippen LogP contribution is 2.30. The third kappa shape index (κ3) is 6.65. The Hall–Kier alpha value is -2.69. The Morgan fingerprint density at radius 1 is 1.16 bits per heavy atom. The van der Waals surface area contributed by atoms with E-state index in [1.165, 1.54) is 29.1 Å². The Kier molecular flexibility index (Phi) is 7.06. The van der Waals surface area contributed by atoms with Crippen LogP contribution in [-0.4, -0.2) is 33.2 Å². The maximum Gasteiger partial charge on any atom is 0.573 e. The molecule has 1 aromatic heterocycles. The van der Waals surface area contributed by atoms with Crippen molar-refractivity contribution in [3.63, 3.8) is 0 Å². The van der Waals surface area contributed by atoms with Crippen LogP contribution in [0.15, 0.2) is 69.6 Å². The van der Waals surface area contributed by atoms with Crippen LogP contribution in [0.25, 0.3) is 5.69 Å². The van der Waals surface area contributed by atoms with E-state index in [-0.39, 0.29) is 22.4 Å². The van der Waals surface area contributed by atoms with Gasteiger partial charge in [-0.15, -0.1) is 13.2 Å². The van der Waals surface area contributed by atoms with E-state index in [0.717, 1.165) is 23.9 Å². The molecule has 0 aliphatic rings. The van der Waals surface area contributed by atoms with E-state index in [0.29, 0.717) is 16.3 Å². The number of aliphatic hydroxyl groups is 1. The Morgan fingerprint density at radius 2 is 1.84 bits per heavy atom. The number of alkyl halides is 3. The lowest BCUT2D eigenvalue weighted by Crippen LogP contribution is -2.28.